The maximum absolute atomic E-state index is 12.1. The molecule has 1 aliphatic heterocycles. The molecule has 1 aromatic carbocycles. The number of benzene rings is 1. The van der Waals surface area contributed by atoms with Gasteiger partial charge in [0.25, 0.3) is 10.0 Å². The molecule has 0 saturated carbocycles. The predicted octanol–water partition coefficient (Wildman–Crippen LogP) is 2.35. The summed E-state index contributed by atoms with van der Waals surface area (Å²) in [6.45, 7) is 0. The summed E-state index contributed by atoms with van der Waals surface area (Å²) in [4.78, 5) is 18.4. The fraction of sp³-hybridized carbons (Fsp3) is 0.0769. The van der Waals surface area contributed by atoms with Crippen LogP contribution in [-0.2, 0) is 10.0 Å². The molecule has 0 fully saturated rings. The molecule has 2 heterocycles. The third kappa shape index (κ3) is 2.36. The number of nitrogens with zero attached hydrogens (tertiary/aromatic N) is 2. The topological polar surface area (TPSA) is 79.4 Å². The van der Waals surface area contributed by atoms with E-state index in [0.717, 1.165) is 4.90 Å². The highest BCUT2D eigenvalue weighted by atomic mass is 32.2. The summed E-state index contributed by atoms with van der Waals surface area (Å²) in [5, 5.41) is 0. The lowest BCUT2D eigenvalue weighted by Crippen LogP contribution is -2.45. The summed E-state index contributed by atoms with van der Waals surface area (Å²) in [7, 11) is -3.85. The average molecular weight is 321 g/mol. The zero-order chi connectivity index (χ0) is 15.0. The number of aromatic nitrogens is 1. The Labute approximate surface area is 126 Å². The van der Waals surface area contributed by atoms with Crippen LogP contribution in [0.1, 0.15) is 0 Å². The van der Waals surface area contributed by atoms with Crippen LogP contribution in [0, 0.1) is 0 Å². The molecule has 21 heavy (non-hydrogen) atoms. The van der Waals surface area contributed by atoms with Crippen LogP contribution in [0.3, 0.4) is 0 Å². The lowest BCUT2D eigenvalue weighted by Gasteiger charge is -2.28. The molecule has 0 aliphatic carbocycles. The monoisotopic (exact) mass is 321 g/mol. The lowest BCUT2D eigenvalue weighted by molar-refractivity contribution is 0.252. The second-order valence-electron chi connectivity index (χ2n) is 4.27. The minimum atomic E-state index is -3.85. The van der Waals surface area contributed by atoms with Crippen molar-refractivity contribution in [1.82, 2.24) is 9.71 Å². The van der Waals surface area contributed by atoms with Crippen LogP contribution in [0.25, 0.3) is 0 Å². The van der Waals surface area contributed by atoms with Gasteiger partial charge in [0.05, 0.1) is 5.69 Å². The molecular formula is C13H11N3O3S2. The van der Waals surface area contributed by atoms with E-state index in [-0.39, 0.29) is 10.7 Å². The Hall–Kier alpha value is -2.06. The Morgan fingerprint density at radius 3 is 2.57 bits per heavy atom. The third-order valence-electron chi connectivity index (χ3n) is 3.01. The van der Waals surface area contributed by atoms with E-state index in [0.29, 0.717) is 5.69 Å². The quantitative estimate of drug-likeness (QED) is 0.859. The summed E-state index contributed by atoms with van der Waals surface area (Å²) in [5.41, 5.74) is 0.556. The van der Waals surface area contributed by atoms with Gasteiger partial charge in [-0.05, 0) is 42.7 Å². The smallest absolute Gasteiger partial charge is 0.247 e. The van der Waals surface area contributed by atoms with E-state index in [9.17, 15) is 13.2 Å². The maximum Gasteiger partial charge on any atom is 0.341 e. The van der Waals surface area contributed by atoms with Gasteiger partial charge in [-0.25, -0.2) is 27.8 Å². The lowest BCUT2D eigenvalue weighted by atomic mass is 10.3. The number of thioether (sulfide) groups is 1. The van der Waals surface area contributed by atoms with Crippen molar-refractivity contribution in [2.45, 2.75) is 9.79 Å². The first-order valence-electron chi connectivity index (χ1n) is 5.99. The molecule has 0 unspecified atom stereocenters. The van der Waals surface area contributed by atoms with Gasteiger partial charge in [-0.1, -0.05) is 0 Å². The van der Waals surface area contributed by atoms with Gasteiger partial charge < -0.3 is 0 Å². The normalized spacial score (nSPS) is 16.2. The number of hydrogen-bond donors (Lipinski definition) is 1. The number of carbonyl (C=O) groups is 1. The second-order valence-corrected chi connectivity index (χ2v) is 6.80. The van der Waals surface area contributed by atoms with Gasteiger partial charge in [0, 0.05) is 11.1 Å². The fourth-order valence-electron chi connectivity index (χ4n) is 2.04. The standard InChI is InChI=1S/C13H11N3O3S2/c1-20-10-6-4-9(5-7-10)16-12-11(3-2-8-14-12)21(18,19)15-13(16)17/h2-8H,1H3,(H,15,17). The number of anilines is 2. The molecule has 0 atom stereocenters. The van der Waals surface area contributed by atoms with Crippen molar-refractivity contribution in [3.8, 4) is 0 Å². The SMILES string of the molecule is CSc1ccc(N2C(=O)NS(=O)(=O)c3cccnc32)cc1. The molecule has 3 rings (SSSR count). The van der Waals surface area contributed by atoms with Gasteiger partial charge in [0.2, 0.25) is 0 Å². The Morgan fingerprint density at radius 2 is 1.90 bits per heavy atom. The van der Waals surface area contributed by atoms with Crippen LogP contribution in [0.2, 0.25) is 0 Å². The van der Waals surface area contributed by atoms with E-state index < -0.39 is 16.1 Å². The number of carbonyl (C=O) groups excluding carboxylic acids is 1. The highest BCUT2D eigenvalue weighted by Gasteiger charge is 2.35. The molecule has 8 heteroatoms. The highest BCUT2D eigenvalue weighted by molar-refractivity contribution is 7.98. The number of nitrogens with one attached hydrogen (secondary N) is 1. The van der Waals surface area contributed by atoms with Crippen molar-refractivity contribution < 1.29 is 13.2 Å². The van der Waals surface area contributed by atoms with E-state index in [1.54, 1.807) is 23.9 Å². The van der Waals surface area contributed by atoms with Crippen molar-refractivity contribution in [3.05, 3.63) is 42.6 Å². The van der Waals surface area contributed by atoms with Crippen molar-refractivity contribution in [1.29, 1.82) is 0 Å². The highest BCUT2D eigenvalue weighted by Crippen LogP contribution is 2.33. The first-order valence-corrected chi connectivity index (χ1v) is 8.70. The van der Waals surface area contributed by atoms with Crippen LogP contribution < -0.4 is 9.62 Å². The molecule has 2 amide bonds. The van der Waals surface area contributed by atoms with E-state index in [1.165, 1.54) is 23.2 Å². The Kier molecular flexibility index (Phi) is 3.34. The summed E-state index contributed by atoms with van der Waals surface area (Å²) in [5.74, 6) is 0.109. The average Bonchev–Trinajstić information content (AvgIpc) is 2.47. The van der Waals surface area contributed by atoms with E-state index in [4.69, 9.17) is 0 Å². The molecular weight excluding hydrogens is 310 g/mol. The maximum atomic E-state index is 12.1. The number of sulfonamides is 1. The van der Waals surface area contributed by atoms with Gasteiger partial charge in [-0.3, -0.25) is 0 Å². The molecule has 108 valence electrons. The second kappa shape index (κ2) is 5.05. The zero-order valence-electron chi connectivity index (χ0n) is 11.0. The van der Waals surface area contributed by atoms with E-state index in [1.807, 2.05) is 23.1 Å². The molecule has 1 aromatic heterocycles. The van der Waals surface area contributed by atoms with Crippen molar-refractivity contribution in [3.63, 3.8) is 0 Å². The van der Waals surface area contributed by atoms with Crippen molar-refractivity contribution in [2.24, 2.45) is 0 Å². The third-order valence-corrected chi connectivity index (χ3v) is 5.09. The first-order chi connectivity index (χ1) is 10.0. The molecule has 0 radical (unpaired) electrons. The van der Waals surface area contributed by atoms with Gasteiger partial charge in [-0.2, -0.15) is 0 Å². The van der Waals surface area contributed by atoms with Crippen LogP contribution in [-0.4, -0.2) is 25.7 Å². The molecule has 0 saturated heterocycles. The number of amides is 2. The van der Waals surface area contributed by atoms with Crippen LogP contribution in [0.15, 0.2) is 52.4 Å². The Balaban J connectivity index is 2.15. The largest absolute Gasteiger partial charge is 0.341 e. The van der Waals surface area contributed by atoms with Crippen molar-refractivity contribution >= 4 is 39.3 Å². The predicted molar refractivity (Wildman–Crippen MR) is 80.3 cm³/mol. The molecule has 0 spiro atoms. The minimum absolute atomic E-state index is 0.0152. The summed E-state index contributed by atoms with van der Waals surface area (Å²) < 4.78 is 25.9. The number of pyridine rings is 1. The summed E-state index contributed by atoms with van der Waals surface area (Å²) in [6, 6.07) is 9.42. The van der Waals surface area contributed by atoms with Gasteiger partial charge in [-0.15, -0.1) is 11.8 Å². The van der Waals surface area contributed by atoms with Gasteiger partial charge in [0.1, 0.15) is 4.90 Å². The number of rotatable bonds is 2. The summed E-state index contributed by atoms with van der Waals surface area (Å²) >= 11 is 1.58. The molecule has 6 nitrogen and oxygen atoms in total. The van der Waals surface area contributed by atoms with Crippen molar-refractivity contribution in [2.75, 3.05) is 11.2 Å². The van der Waals surface area contributed by atoms with E-state index in [2.05, 4.69) is 4.98 Å². The van der Waals surface area contributed by atoms with Crippen LogP contribution in [0.4, 0.5) is 16.3 Å². The molecule has 1 aliphatic rings. The molecule has 1 N–H and O–H groups in total. The molecule has 2 aromatic rings. The molecule has 0 bridgehead atoms. The fourth-order valence-corrected chi connectivity index (χ4v) is 3.52. The van der Waals surface area contributed by atoms with Gasteiger partial charge in [0.15, 0.2) is 5.82 Å². The minimum Gasteiger partial charge on any atom is -0.247 e. The van der Waals surface area contributed by atoms with Crippen LogP contribution >= 0.6 is 11.8 Å². The summed E-state index contributed by atoms with van der Waals surface area (Å²) in [6.07, 6.45) is 3.41. The Bertz CT molecular complexity index is 804. The number of urea groups is 1. The zero-order valence-corrected chi connectivity index (χ0v) is 12.6. The van der Waals surface area contributed by atoms with Crippen LogP contribution in [0.5, 0.6) is 0 Å². The first kappa shape index (κ1) is 13.9. The van der Waals surface area contributed by atoms with Gasteiger partial charge >= 0.3 is 6.03 Å². The van der Waals surface area contributed by atoms with E-state index >= 15 is 0 Å². The number of fused-ring (bicyclic) bond motifs is 1. The Morgan fingerprint density at radius 1 is 1.19 bits per heavy atom. The number of hydrogen-bond acceptors (Lipinski definition) is 5.